The van der Waals surface area contributed by atoms with Gasteiger partial charge in [0, 0.05) is 13.1 Å². The number of piperidine rings is 1. The van der Waals surface area contributed by atoms with Crippen LogP contribution in [0.3, 0.4) is 0 Å². The summed E-state index contributed by atoms with van der Waals surface area (Å²) in [5.41, 5.74) is 1.00. The van der Waals surface area contributed by atoms with Gasteiger partial charge in [0.05, 0.1) is 4.90 Å². The summed E-state index contributed by atoms with van der Waals surface area (Å²) in [6, 6.07) is 6.62. The lowest BCUT2D eigenvalue weighted by molar-refractivity contribution is -0.129. The summed E-state index contributed by atoms with van der Waals surface area (Å²) in [5.74, 6) is -0.698. The van der Waals surface area contributed by atoms with Gasteiger partial charge in [0.1, 0.15) is 5.75 Å². The minimum absolute atomic E-state index is 0.225. The first-order valence-corrected chi connectivity index (χ1v) is 8.21. The molecular formula is C14H19NO3S. The molecule has 0 aromatic heterocycles. The van der Waals surface area contributed by atoms with Crippen molar-refractivity contribution in [2.24, 2.45) is 0 Å². The van der Waals surface area contributed by atoms with Gasteiger partial charge in [-0.1, -0.05) is 17.7 Å². The normalized spacial score (nSPS) is 16.4. The van der Waals surface area contributed by atoms with Gasteiger partial charge in [0.25, 0.3) is 0 Å². The van der Waals surface area contributed by atoms with Gasteiger partial charge < -0.3 is 4.90 Å². The van der Waals surface area contributed by atoms with E-state index < -0.39 is 15.6 Å². The highest BCUT2D eigenvalue weighted by atomic mass is 32.2. The Labute approximate surface area is 114 Å². The van der Waals surface area contributed by atoms with E-state index in [-0.39, 0.29) is 10.8 Å². The second-order valence-corrected chi connectivity index (χ2v) is 7.00. The van der Waals surface area contributed by atoms with Gasteiger partial charge in [0.15, 0.2) is 9.84 Å². The Bertz CT molecular complexity index is 543. The number of hydrogen-bond donors (Lipinski definition) is 0. The predicted molar refractivity (Wildman–Crippen MR) is 73.7 cm³/mol. The van der Waals surface area contributed by atoms with Gasteiger partial charge in [-0.05, 0) is 38.3 Å². The number of amides is 1. The predicted octanol–water partition coefficient (Wildman–Crippen LogP) is 1.78. The van der Waals surface area contributed by atoms with E-state index >= 15 is 0 Å². The quantitative estimate of drug-likeness (QED) is 0.848. The van der Waals surface area contributed by atoms with E-state index in [0.29, 0.717) is 13.1 Å². The molecule has 2 rings (SSSR count). The molecule has 4 nitrogen and oxygen atoms in total. The van der Waals surface area contributed by atoms with Crippen molar-refractivity contribution >= 4 is 15.7 Å². The molecule has 1 aliphatic heterocycles. The van der Waals surface area contributed by atoms with E-state index in [0.717, 1.165) is 24.8 Å². The number of hydrogen-bond acceptors (Lipinski definition) is 3. The van der Waals surface area contributed by atoms with Crippen LogP contribution in [0.2, 0.25) is 0 Å². The van der Waals surface area contributed by atoms with Crippen molar-refractivity contribution in [3.05, 3.63) is 29.8 Å². The smallest absolute Gasteiger partial charge is 0.238 e. The summed E-state index contributed by atoms with van der Waals surface area (Å²) < 4.78 is 24.3. The molecule has 1 fully saturated rings. The molecule has 1 saturated heterocycles. The van der Waals surface area contributed by atoms with Crippen molar-refractivity contribution in [1.29, 1.82) is 0 Å². The van der Waals surface area contributed by atoms with Crippen molar-refractivity contribution in [2.75, 3.05) is 18.8 Å². The summed E-state index contributed by atoms with van der Waals surface area (Å²) in [7, 11) is -3.52. The van der Waals surface area contributed by atoms with Gasteiger partial charge >= 0.3 is 0 Å². The first kappa shape index (κ1) is 14.1. The number of likely N-dealkylation sites (tertiary alicyclic amines) is 1. The third-order valence-electron chi connectivity index (χ3n) is 3.40. The Morgan fingerprint density at radius 3 is 2.26 bits per heavy atom. The molecule has 104 valence electrons. The third-order valence-corrected chi connectivity index (χ3v) is 5.02. The maximum absolute atomic E-state index is 12.1. The number of benzene rings is 1. The van der Waals surface area contributed by atoms with E-state index in [4.69, 9.17) is 0 Å². The van der Waals surface area contributed by atoms with Crippen molar-refractivity contribution in [3.8, 4) is 0 Å². The fourth-order valence-corrected chi connectivity index (χ4v) is 3.45. The molecule has 0 saturated carbocycles. The lowest BCUT2D eigenvalue weighted by atomic mass is 10.1. The Morgan fingerprint density at radius 1 is 1.11 bits per heavy atom. The van der Waals surface area contributed by atoms with E-state index in [2.05, 4.69) is 0 Å². The molecule has 1 aromatic rings. The zero-order valence-electron chi connectivity index (χ0n) is 11.1. The van der Waals surface area contributed by atoms with Crippen LogP contribution in [0.15, 0.2) is 29.2 Å². The van der Waals surface area contributed by atoms with Crippen LogP contribution in [0.5, 0.6) is 0 Å². The summed E-state index contributed by atoms with van der Waals surface area (Å²) in [5, 5.41) is 0. The average molecular weight is 281 g/mol. The largest absolute Gasteiger partial charge is 0.342 e. The Morgan fingerprint density at radius 2 is 1.68 bits per heavy atom. The minimum atomic E-state index is -3.52. The number of aryl methyl sites for hydroxylation is 1. The molecule has 0 spiro atoms. The van der Waals surface area contributed by atoms with Crippen molar-refractivity contribution in [2.45, 2.75) is 31.1 Å². The molecule has 0 unspecified atom stereocenters. The van der Waals surface area contributed by atoms with Crippen LogP contribution in [0.4, 0.5) is 0 Å². The van der Waals surface area contributed by atoms with Crippen LogP contribution in [0, 0.1) is 6.92 Å². The monoisotopic (exact) mass is 281 g/mol. The molecule has 0 bridgehead atoms. The molecule has 1 aromatic carbocycles. The van der Waals surface area contributed by atoms with Crippen molar-refractivity contribution in [3.63, 3.8) is 0 Å². The first-order valence-electron chi connectivity index (χ1n) is 6.56. The van der Waals surface area contributed by atoms with E-state index in [1.807, 2.05) is 6.92 Å². The number of sulfone groups is 1. The van der Waals surface area contributed by atoms with Crippen LogP contribution < -0.4 is 0 Å². The molecule has 0 aliphatic carbocycles. The number of nitrogens with zero attached hydrogens (tertiary/aromatic N) is 1. The molecule has 0 radical (unpaired) electrons. The highest BCUT2D eigenvalue weighted by Gasteiger charge is 2.24. The van der Waals surface area contributed by atoms with Crippen LogP contribution in [0.1, 0.15) is 24.8 Å². The fourth-order valence-electron chi connectivity index (χ4n) is 2.23. The summed E-state index contributed by atoms with van der Waals surface area (Å²) >= 11 is 0. The zero-order chi connectivity index (χ0) is 13.9. The second-order valence-electron chi connectivity index (χ2n) is 5.01. The maximum atomic E-state index is 12.1. The standard InChI is InChI=1S/C14H19NO3S/c1-12-5-7-13(8-6-12)19(17,18)11-14(16)15-9-3-2-4-10-15/h5-8H,2-4,9-11H2,1H3. The van der Waals surface area contributed by atoms with Crippen molar-refractivity contribution in [1.82, 2.24) is 4.90 Å². The highest BCUT2D eigenvalue weighted by molar-refractivity contribution is 7.92. The average Bonchev–Trinajstić information content (AvgIpc) is 2.40. The Kier molecular flexibility index (Phi) is 4.24. The van der Waals surface area contributed by atoms with Gasteiger partial charge in [-0.3, -0.25) is 4.79 Å². The van der Waals surface area contributed by atoms with E-state index in [1.165, 1.54) is 0 Å². The molecule has 19 heavy (non-hydrogen) atoms. The summed E-state index contributed by atoms with van der Waals surface area (Å²) in [6.45, 7) is 3.26. The van der Waals surface area contributed by atoms with E-state index in [1.54, 1.807) is 29.2 Å². The number of carbonyl (C=O) groups is 1. The number of carbonyl (C=O) groups excluding carboxylic acids is 1. The molecule has 1 amide bonds. The summed E-state index contributed by atoms with van der Waals surface area (Å²) in [6.07, 6.45) is 3.06. The molecule has 0 N–H and O–H groups in total. The molecule has 1 aliphatic rings. The highest BCUT2D eigenvalue weighted by Crippen LogP contribution is 2.15. The van der Waals surface area contributed by atoms with E-state index in [9.17, 15) is 13.2 Å². The topological polar surface area (TPSA) is 54.5 Å². The SMILES string of the molecule is Cc1ccc(S(=O)(=O)CC(=O)N2CCCCC2)cc1. The van der Waals surface area contributed by atoms with Crippen LogP contribution >= 0.6 is 0 Å². The number of rotatable bonds is 3. The second kappa shape index (κ2) is 5.74. The third kappa shape index (κ3) is 3.56. The molecule has 1 heterocycles. The van der Waals surface area contributed by atoms with Gasteiger partial charge in [-0.15, -0.1) is 0 Å². The van der Waals surface area contributed by atoms with Crippen LogP contribution in [0.25, 0.3) is 0 Å². The summed E-state index contributed by atoms with van der Waals surface area (Å²) in [4.78, 5) is 13.9. The zero-order valence-corrected chi connectivity index (χ0v) is 11.9. The molecule has 0 atom stereocenters. The Balaban J connectivity index is 2.08. The minimum Gasteiger partial charge on any atom is -0.342 e. The lowest BCUT2D eigenvalue weighted by Crippen LogP contribution is -2.39. The van der Waals surface area contributed by atoms with Crippen LogP contribution in [-0.4, -0.2) is 38.1 Å². The van der Waals surface area contributed by atoms with Crippen LogP contribution in [-0.2, 0) is 14.6 Å². The lowest BCUT2D eigenvalue weighted by Gasteiger charge is -2.26. The van der Waals surface area contributed by atoms with Gasteiger partial charge in [-0.2, -0.15) is 0 Å². The fraction of sp³-hybridized carbons (Fsp3) is 0.500. The molecular weight excluding hydrogens is 262 g/mol. The maximum Gasteiger partial charge on any atom is 0.238 e. The first-order chi connectivity index (χ1) is 8.99. The van der Waals surface area contributed by atoms with Gasteiger partial charge in [0.2, 0.25) is 5.91 Å². The van der Waals surface area contributed by atoms with Crippen molar-refractivity contribution < 1.29 is 13.2 Å². The Hall–Kier alpha value is -1.36. The molecule has 5 heteroatoms. The van der Waals surface area contributed by atoms with Gasteiger partial charge in [-0.25, -0.2) is 8.42 Å².